The summed E-state index contributed by atoms with van der Waals surface area (Å²) in [5, 5.41) is 12.4. The van der Waals surface area contributed by atoms with E-state index in [1.165, 1.54) is 0 Å². The van der Waals surface area contributed by atoms with Crippen molar-refractivity contribution in [1.29, 1.82) is 0 Å². The van der Waals surface area contributed by atoms with Gasteiger partial charge in [0.05, 0.1) is 0 Å². The Morgan fingerprint density at radius 3 is 2.53 bits per heavy atom. The van der Waals surface area contributed by atoms with Gasteiger partial charge in [-0.05, 0) is 11.8 Å². The normalized spacial score (nSPS) is 35.7. The molecule has 0 saturated carbocycles. The van der Waals surface area contributed by atoms with E-state index < -0.39 is 6.09 Å². The number of rotatable bonds is 0. The highest BCUT2D eigenvalue weighted by molar-refractivity contribution is 5.65. The highest BCUT2D eigenvalue weighted by atomic mass is 16.4. The van der Waals surface area contributed by atoms with Crippen molar-refractivity contribution >= 4 is 6.09 Å². The molecule has 4 nitrogen and oxygen atoms in total. The molecule has 0 aromatic heterocycles. The maximum absolute atomic E-state index is 10.9. The predicted octanol–water partition coefficient (Wildman–Crippen LogP) is 1.37. The summed E-state index contributed by atoms with van der Waals surface area (Å²) in [5.74, 6) is 0. The van der Waals surface area contributed by atoms with Crippen molar-refractivity contribution in [2.45, 2.75) is 33.2 Å². The van der Waals surface area contributed by atoms with E-state index in [-0.39, 0.29) is 10.8 Å². The first-order chi connectivity index (χ1) is 6.85. The minimum absolute atomic E-state index is 0.205. The van der Waals surface area contributed by atoms with Crippen molar-refractivity contribution < 1.29 is 9.90 Å². The van der Waals surface area contributed by atoms with E-state index in [0.29, 0.717) is 19.1 Å². The topological polar surface area (TPSA) is 52.6 Å². The first kappa shape index (κ1) is 10.7. The first-order valence-electron chi connectivity index (χ1n) is 5.56. The minimum Gasteiger partial charge on any atom is -0.465 e. The van der Waals surface area contributed by atoms with Gasteiger partial charge in [0, 0.05) is 31.1 Å². The van der Waals surface area contributed by atoms with E-state index in [4.69, 9.17) is 5.11 Å². The van der Waals surface area contributed by atoms with Crippen molar-refractivity contribution in [3.05, 3.63) is 0 Å². The molecule has 15 heavy (non-hydrogen) atoms. The van der Waals surface area contributed by atoms with Gasteiger partial charge in [0.15, 0.2) is 0 Å². The maximum atomic E-state index is 10.9. The zero-order valence-corrected chi connectivity index (χ0v) is 9.71. The molecule has 0 aromatic rings. The molecule has 2 aliphatic heterocycles. The number of nitrogens with one attached hydrogen (secondary N) is 1. The average Bonchev–Trinajstić information content (AvgIpc) is 2.44. The van der Waals surface area contributed by atoms with Crippen LogP contribution in [0.15, 0.2) is 0 Å². The van der Waals surface area contributed by atoms with Crippen molar-refractivity contribution in [2.75, 3.05) is 19.6 Å². The third kappa shape index (κ3) is 1.61. The molecular weight excluding hydrogens is 192 g/mol. The van der Waals surface area contributed by atoms with E-state index in [1.807, 2.05) is 0 Å². The second kappa shape index (κ2) is 3.11. The molecule has 0 aromatic carbocycles. The predicted molar refractivity (Wildman–Crippen MR) is 57.9 cm³/mol. The monoisotopic (exact) mass is 212 g/mol. The number of nitrogens with zero attached hydrogens (tertiary/aromatic N) is 1. The standard InChI is InChI=1S/C11H20N2O2/c1-10(2,3)8-11(6-12-8)4-5-13(7-11)9(14)15/h8,12H,4-7H2,1-3H3,(H,14,15)/t8-,11-/m1/s1. The van der Waals surface area contributed by atoms with Crippen LogP contribution < -0.4 is 5.32 Å². The van der Waals surface area contributed by atoms with Crippen molar-refractivity contribution in [3.63, 3.8) is 0 Å². The summed E-state index contributed by atoms with van der Waals surface area (Å²) in [6.07, 6.45) is 0.236. The summed E-state index contributed by atoms with van der Waals surface area (Å²) in [7, 11) is 0. The van der Waals surface area contributed by atoms with Crippen LogP contribution in [-0.4, -0.2) is 41.8 Å². The van der Waals surface area contributed by atoms with Gasteiger partial charge in [-0.3, -0.25) is 0 Å². The van der Waals surface area contributed by atoms with Gasteiger partial charge in [-0.2, -0.15) is 0 Å². The van der Waals surface area contributed by atoms with Crippen LogP contribution in [0.1, 0.15) is 27.2 Å². The molecule has 1 amide bonds. The van der Waals surface area contributed by atoms with Gasteiger partial charge in [-0.1, -0.05) is 20.8 Å². The Hall–Kier alpha value is -0.770. The largest absolute Gasteiger partial charge is 0.465 e. The van der Waals surface area contributed by atoms with Crippen LogP contribution in [0.2, 0.25) is 0 Å². The summed E-state index contributed by atoms with van der Waals surface area (Å²) in [5.41, 5.74) is 0.420. The van der Waals surface area contributed by atoms with Crippen molar-refractivity contribution in [3.8, 4) is 0 Å². The average molecular weight is 212 g/mol. The molecule has 0 unspecified atom stereocenters. The summed E-state index contributed by atoms with van der Waals surface area (Å²) in [6.45, 7) is 9.03. The van der Waals surface area contributed by atoms with Crippen LogP contribution in [0.5, 0.6) is 0 Å². The number of hydrogen-bond donors (Lipinski definition) is 2. The van der Waals surface area contributed by atoms with Crippen LogP contribution in [0.25, 0.3) is 0 Å². The molecule has 2 aliphatic rings. The van der Waals surface area contributed by atoms with Crippen LogP contribution in [0.3, 0.4) is 0 Å². The fourth-order valence-electron chi connectivity index (χ4n) is 3.16. The zero-order valence-electron chi connectivity index (χ0n) is 9.71. The number of amides is 1. The van der Waals surface area contributed by atoms with Crippen LogP contribution >= 0.6 is 0 Å². The van der Waals surface area contributed by atoms with Crippen molar-refractivity contribution in [2.24, 2.45) is 10.8 Å². The lowest BCUT2D eigenvalue weighted by molar-refractivity contribution is 0.0152. The molecule has 4 heteroatoms. The summed E-state index contributed by atoms with van der Waals surface area (Å²) in [6, 6.07) is 0.453. The van der Waals surface area contributed by atoms with E-state index in [2.05, 4.69) is 26.1 Å². The van der Waals surface area contributed by atoms with Gasteiger partial charge in [-0.25, -0.2) is 4.79 Å². The van der Waals surface area contributed by atoms with Gasteiger partial charge in [0.2, 0.25) is 0 Å². The van der Waals surface area contributed by atoms with E-state index in [1.54, 1.807) is 4.90 Å². The highest BCUT2D eigenvalue weighted by Crippen LogP contribution is 2.46. The number of carbonyl (C=O) groups is 1. The Labute approximate surface area is 90.6 Å². The fourth-order valence-corrected chi connectivity index (χ4v) is 3.16. The van der Waals surface area contributed by atoms with Gasteiger partial charge in [0.25, 0.3) is 0 Å². The van der Waals surface area contributed by atoms with Gasteiger partial charge in [0.1, 0.15) is 0 Å². The Morgan fingerprint density at radius 2 is 2.20 bits per heavy atom. The lowest BCUT2D eigenvalue weighted by Gasteiger charge is -2.54. The maximum Gasteiger partial charge on any atom is 0.407 e. The lowest BCUT2D eigenvalue weighted by Crippen LogP contribution is -2.68. The number of carboxylic acid groups (broad SMARTS) is 1. The fraction of sp³-hybridized carbons (Fsp3) is 0.909. The third-order valence-corrected chi connectivity index (χ3v) is 3.79. The highest BCUT2D eigenvalue weighted by Gasteiger charge is 2.55. The summed E-state index contributed by atoms with van der Waals surface area (Å²) in [4.78, 5) is 12.4. The van der Waals surface area contributed by atoms with Crippen LogP contribution in [0, 0.1) is 10.8 Å². The second-order valence-electron chi connectivity index (χ2n) is 6.00. The number of hydrogen-bond acceptors (Lipinski definition) is 2. The van der Waals surface area contributed by atoms with Crippen molar-refractivity contribution in [1.82, 2.24) is 10.2 Å². The van der Waals surface area contributed by atoms with Crippen LogP contribution in [0.4, 0.5) is 4.79 Å². The molecule has 0 radical (unpaired) electrons. The molecule has 2 atom stereocenters. The summed E-state index contributed by atoms with van der Waals surface area (Å²) < 4.78 is 0. The molecule has 2 N–H and O–H groups in total. The smallest absolute Gasteiger partial charge is 0.407 e. The molecule has 0 aliphatic carbocycles. The van der Waals surface area contributed by atoms with Crippen LogP contribution in [-0.2, 0) is 0 Å². The Morgan fingerprint density at radius 1 is 1.53 bits per heavy atom. The van der Waals surface area contributed by atoms with Gasteiger partial charge in [-0.15, -0.1) is 0 Å². The Kier molecular flexibility index (Phi) is 2.23. The molecule has 2 saturated heterocycles. The quantitative estimate of drug-likeness (QED) is 0.637. The minimum atomic E-state index is -0.772. The van der Waals surface area contributed by atoms with Gasteiger partial charge >= 0.3 is 6.09 Å². The van der Waals surface area contributed by atoms with E-state index in [0.717, 1.165) is 13.0 Å². The van der Waals surface area contributed by atoms with E-state index in [9.17, 15) is 4.79 Å². The van der Waals surface area contributed by atoms with Gasteiger partial charge < -0.3 is 15.3 Å². The molecular formula is C11H20N2O2. The molecule has 1 spiro atoms. The Bertz CT molecular complexity index is 285. The summed E-state index contributed by atoms with van der Waals surface area (Å²) >= 11 is 0. The zero-order chi connectivity index (χ0) is 11.3. The molecule has 2 fully saturated rings. The van der Waals surface area contributed by atoms with E-state index >= 15 is 0 Å². The second-order valence-corrected chi connectivity index (χ2v) is 6.00. The Balaban J connectivity index is 2.08. The SMILES string of the molecule is CC(C)(C)[C@H]1NC[C@@]12CCN(C(=O)O)C2. The molecule has 86 valence electrons. The number of likely N-dealkylation sites (tertiary alicyclic amines) is 1. The lowest BCUT2D eigenvalue weighted by atomic mass is 9.63. The third-order valence-electron chi connectivity index (χ3n) is 3.79. The molecule has 2 heterocycles. The first-order valence-corrected chi connectivity index (χ1v) is 5.56. The molecule has 0 bridgehead atoms. The molecule has 2 rings (SSSR count).